The Kier molecular flexibility index (Phi) is 9.37. The van der Waals surface area contributed by atoms with Gasteiger partial charge in [-0.1, -0.05) is 58.0 Å². The lowest BCUT2D eigenvalue weighted by molar-refractivity contribution is -0.132. The molecule has 30 heavy (non-hydrogen) atoms. The predicted octanol–water partition coefficient (Wildman–Crippen LogP) is 4.81. The monoisotopic (exact) mass is 433 g/mol. The molecule has 0 saturated heterocycles. The number of carbonyl (C=O) groups is 2. The average molecular weight is 434 g/mol. The summed E-state index contributed by atoms with van der Waals surface area (Å²) in [6, 6.07) is 9.26. The maximum absolute atomic E-state index is 13.1. The first-order valence-corrected chi connectivity index (χ1v) is 10.9. The van der Waals surface area contributed by atoms with Gasteiger partial charge in [-0.3, -0.25) is 9.59 Å². The molecule has 0 radical (unpaired) electrons. The summed E-state index contributed by atoms with van der Waals surface area (Å²) in [5, 5.41) is 2.05. The number of hydrogen-bond donors (Lipinski definition) is 1. The quantitative estimate of drug-likeness (QED) is 0.516. The number of amides is 2. The fourth-order valence-corrected chi connectivity index (χ4v) is 3.11. The molecule has 0 aliphatic heterocycles. The van der Waals surface area contributed by atoms with Gasteiger partial charge in [-0.05, 0) is 30.2 Å². The molecule has 0 fully saturated rings. The van der Waals surface area contributed by atoms with E-state index in [1.165, 1.54) is 6.26 Å². The van der Waals surface area contributed by atoms with Gasteiger partial charge in [-0.25, -0.2) is 4.98 Å². The maximum Gasteiger partial charge on any atom is 0.273 e. The van der Waals surface area contributed by atoms with E-state index in [2.05, 4.69) is 38.0 Å². The molecule has 1 aromatic heterocycles. The molecular formula is C23H32ClN3O3. The van der Waals surface area contributed by atoms with Gasteiger partial charge in [0.05, 0.1) is 6.54 Å². The second-order valence-corrected chi connectivity index (χ2v) is 8.72. The van der Waals surface area contributed by atoms with Crippen LogP contribution in [0.1, 0.15) is 67.9 Å². The Morgan fingerprint density at radius 2 is 1.77 bits per heavy atom. The van der Waals surface area contributed by atoms with Crippen LogP contribution < -0.4 is 5.32 Å². The van der Waals surface area contributed by atoms with Crippen molar-refractivity contribution in [1.82, 2.24) is 15.2 Å². The van der Waals surface area contributed by atoms with Crippen LogP contribution in [-0.2, 0) is 11.3 Å². The number of hydrogen-bond acceptors (Lipinski definition) is 4. The van der Waals surface area contributed by atoms with Crippen LogP contribution in [0, 0.1) is 11.8 Å². The largest absolute Gasteiger partial charge is 0.446 e. The van der Waals surface area contributed by atoms with Crippen molar-refractivity contribution in [3.05, 3.63) is 53.7 Å². The summed E-state index contributed by atoms with van der Waals surface area (Å²) in [6.07, 6.45) is 3.05. The third-order valence-electron chi connectivity index (χ3n) is 4.71. The zero-order valence-corrected chi connectivity index (χ0v) is 19.0. The highest BCUT2D eigenvalue weighted by Crippen LogP contribution is 2.24. The minimum absolute atomic E-state index is 0.168. The van der Waals surface area contributed by atoms with Gasteiger partial charge in [0.1, 0.15) is 11.6 Å². The molecule has 0 bridgehead atoms. The summed E-state index contributed by atoms with van der Waals surface area (Å²) in [5.74, 6) is 0.775. The number of alkyl halides is 1. The highest BCUT2D eigenvalue weighted by molar-refractivity contribution is 6.30. The van der Waals surface area contributed by atoms with E-state index in [-0.39, 0.29) is 24.1 Å². The second-order valence-electron chi connectivity index (χ2n) is 8.28. The van der Waals surface area contributed by atoms with Crippen molar-refractivity contribution in [1.29, 1.82) is 0 Å². The zero-order chi connectivity index (χ0) is 22.1. The van der Waals surface area contributed by atoms with E-state index < -0.39 is 5.38 Å². The molecule has 2 rings (SSSR count). The van der Waals surface area contributed by atoms with Gasteiger partial charge in [-0.15, -0.1) is 11.6 Å². The Morgan fingerprint density at radius 3 is 2.40 bits per heavy atom. The van der Waals surface area contributed by atoms with E-state index in [0.717, 1.165) is 18.4 Å². The molecule has 1 aromatic carbocycles. The van der Waals surface area contributed by atoms with Crippen molar-refractivity contribution in [3.8, 4) is 0 Å². The summed E-state index contributed by atoms with van der Waals surface area (Å²) >= 11 is 6.46. The molecule has 6 nitrogen and oxygen atoms in total. The van der Waals surface area contributed by atoms with Crippen LogP contribution in [0.25, 0.3) is 0 Å². The fraction of sp³-hybridized carbons (Fsp3) is 0.522. The Labute approximate surface area is 184 Å². The zero-order valence-electron chi connectivity index (χ0n) is 18.2. The van der Waals surface area contributed by atoms with E-state index in [1.54, 1.807) is 4.90 Å². The molecule has 7 heteroatoms. The van der Waals surface area contributed by atoms with Crippen LogP contribution in [-0.4, -0.2) is 34.8 Å². The van der Waals surface area contributed by atoms with Gasteiger partial charge in [0, 0.05) is 13.1 Å². The van der Waals surface area contributed by atoms with E-state index in [0.29, 0.717) is 30.8 Å². The summed E-state index contributed by atoms with van der Waals surface area (Å²) in [6.45, 7) is 9.69. The van der Waals surface area contributed by atoms with Gasteiger partial charge in [0.25, 0.3) is 5.91 Å². The normalized spacial score (nSPS) is 12.2. The number of rotatable bonds is 11. The maximum atomic E-state index is 13.1. The van der Waals surface area contributed by atoms with E-state index in [1.807, 2.05) is 30.3 Å². The van der Waals surface area contributed by atoms with Crippen molar-refractivity contribution in [2.45, 2.75) is 52.5 Å². The lowest BCUT2D eigenvalue weighted by Crippen LogP contribution is -2.34. The first-order valence-electron chi connectivity index (χ1n) is 10.5. The van der Waals surface area contributed by atoms with Gasteiger partial charge in [-0.2, -0.15) is 0 Å². The molecule has 0 spiro atoms. The molecule has 1 N–H and O–H groups in total. The topological polar surface area (TPSA) is 75.4 Å². The highest BCUT2D eigenvalue weighted by atomic mass is 35.5. The predicted molar refractivity (Wildman–Crippen MR) is 118 cm³/mol. The number of aromatic nitrogens is 1. The number of oxazole rings is 1. The van der Waals surface area contributed by atoms with Crippen molar-refractivity contribution >= 4 is 23.4 Å². The SMILES string of the molecule is CC(C)CCNC(=O)c1coc(CN(CCC(C)C)C(=O)C(Cl)c2ccccc2)n1. The molecule has 0 aliphatic rings. The minimum Gasteiger partial charge on any atom is -0.446 e. The Hall–Kier alpha value is -2.34. The Bertz CT molecular complexity index is 805. The standard InChI is InChI=1S/C23H32ClN3O3/c1-16(2)10-12-25-22(28)19-15-30-20(26-19)14-27(13-11-17(3)4)23(29)21(24)18-8-6-5-7-9-18/h5-9,15-17,21H,10-14H2,1-4H3,(H,25,28). The van der Waals surface area contributed by atoms with Crippen molar-refractivity contribution in [3.63, 3.8) is 0 Å². The molecule has 2 aromatic rings. The van der Waals surface area contributed by atoms with Gasteiger partial charge in [0.2, 0.25) is 11.8 Å². The first-order chi connectivity index (χ1) is 14.3. The number of nitrogens with one attached hydrogen (secondary N) is 1. The lowest BCUT2D eigenvalue weighted by Gasteiger charge is -2.24. The van der Waals surface area contributed by atoms with E-state index >= 15 is 0 Å². The molecule has 0 saturated carbocycles. The van der Waals surface area contributed by atoms with Crippen LogP contribution >= 0.6 is 11.6 Å². The minimum atomic E-state index is -0.785. The molecule has 0 aliphatic carbocycles. The van der Waals surface area contributed by atoms with E-state index in [4.69, 9.17) is 16.0 Å². The summed E-state index contributed by atoms with van der Waals surface area (Å²) in [5.41, 5.74) is 0.965. The van der Waals surface area contributed by atoms with Crippen LogP contribution in [0.4, 0.5) is 0 Å². The van der Waals surface area contributed by atoms with Gasteiger partial charge < -0.3 is 14.6 Å². The van der Waals surface area contributed by atoms with Gasteiger partial charge >= 0.3 is 0 Å². The Balaban J connectivity index is 2.06. The lowest BCUT2D eigenvalue weighted by atomic mass is 10.1. The van der Waals surface area contributed by atoms with Crippen molar-refractivity contribution in [2.75, 3.05) is 13.1 Å². The van der Waals surface area contributed by atoms with Crippen LogP contribution in [0.2, 0.25) is 0 Å². The van der Waals surface area contributed by atoms with Crippen LogP contribution in [0.5, 0.6) is 0 Å². The summed E-state index contributed by atoms with van der Waals surface area (Å²) < 4.78 is 5.48. The molecule has 1 unspecified atom stereocenters. The van der Waals surface area contributed by atoms with Crippen LogP contribution in [0.3, 0.4) is 0 Å². The smallest absolute Gasteiger partial charge is 0.273 e. The molecular weight excluding hydrogens is 402 g/mol. The fourth-order valence-electron chi connectivity index (χ4n) is 2.82. The highest BCUT2D eigenvalue weighted by Gasteiger charge is 2.26. The molecule has 1 heterocycles. The summed E-state index contributed by atoms with van der Waals surface area (Å²) in [7, 11) is 0. The number of nitrogens with zero attached hydrogens (tertiary/aromatic N) is 2. The Morgan fingerprint density at radius 1 is 1.10 bits per heavy atom. The second kappa shape index (κ2) is 11.7. The molecule has 164 valence electrons. The van der Waals surface area contributed by atoms with Crippen LogP contribution in [0.15, 0.2) is 41.0 Å². The third kappa shape index (κ3) is 7.48. The van der Waals surface area contributed by atoms with Crippen molar-refractivity contribution < 1.29 is 14.0 Å². The number of carbonyl (C=O) groups excluding carboxylic acids is 2. The van der Waals surface area contributed by atoms with Gasteiger partial charge in [0.15, 0.2) is 5.69 Å². The summed E-state index contributed by atoms with van der Waals surface area (Å²) in [4.78, 5) is 31.2. The first kappa shape index (κ1) is 23.9. The molecule has 1 atom stereocenters. The molecule has 2 amide bonds. The average Bonchev–Trinajstić information content (AvgIpc) is 3.19. The van der Waals surface area contributed by atoms with E-state index in [9.17, 15) is 9.59 Å². The number of benzene rings is 1. The third-order valence-corrected chi connectivity index (χ3v) is 5.15. The van der Waals surface area contributed by atoms with Crippen molar-refractivity contribution in [2.24, 2.45) is 11.8 Å². The number of halogens is 1.